The molecule has 1 atom stereocenters. The Morgan fingerprint density at radius 3 is 2.69 bits per heavy atom. The standard InChI is InChI=1S/C11H13NO/c1-9-4-2-3-5-11(9)6-10(7-12)8-13/h2-5,10,13H,6,8H2,1H3. The smallest absolute Gasteiger partial charge is 0.0734 e. The van der Waals surface area contributed by atoms with Gasteiger partial charge in [0.15, 0.2) is 0 Å². The van der Waals surface area contributed by atoms with Gasteiger partial charge in [0.2, 0.25) is 0 Å². The molecule has 2 nitrogen and oxygen atoms in total. The Balaban J connectivity index is 2.74. The number of aryl methyl sites for hydroxylation is 1. The molecule has 0 fully saturated rings. The van der Waals surface area contributed by atoms with E-state index in [9.17, 15) is 0 Å². The molecule has 0 aromatic heterocycles. The second-order valence-electron chi connectivity index (χ2n) is 3.14. The molecule has 2 heteroatoms. The largest absolute Gasteiger partial charge is 0.395 e. The maximum Gasteiger partial charge on any atom is 0.0734 e. The molecule has 1 rings (SSSR count). The van der Waals surface area contributed by atoms with Gasteiger partial charge >= 0.3 is 0 Å². The SMILES string of the molecule is Cc1ccccc1CC(C#N)CO. The lowest BCUT2D eigenvalue weighted by Gasteiger charge is -2.07. The molecule has 0 bridgehead atoms. The van der Waals surface area contributed by atoms with E-state index in [4.69, 9.17) is 10.4 Å². The zero-order chi connectivity index (χ0) is 9.68. The Kier molecular flexibility index (Phi) is 3.48. The maximum absolute atomic E-state index is 8.86. The number of hydrogen-bond donors (Lipinski definition) is 1. The summed E-state index contributed by atoms with van der Waals surface area (Å²) in [6.07, 6.45) is 0.639. The molecule has 0 heterocycles. The van der Waals surface area contributed by atoms with Crippen molar-refractivity contribution < 1.29 is 5.11 Å². The molecule has 1 aromatic rings. The van der Waals surface area contributed by atoms with E-state index in [0.717, 1.165) is 5.56 Å². The number of aliphatic hydroxyl groups excluding tert-OH is 1. The minimum Gasteiger partial charge on any atom is -0.395 e. The van der Waals surface area contributed by atoms with Gasteiger partial charge in [0.05, 0.1) is 18.6 Å². The normalized spacial score (nSPS) is 12.1. The van der Waals surface area contributed by atoms with Crippen molar-refractivity contribution in [3.05, 3.63) is 35.4 Å². The van der Waals surface area contributed by atoms with Crippen molar-refractivity contribution in [2.75, 3.05) is 6.61 Å². The van der Waals surface area contributed by atoms with Crippen molar-refractivity contribution in [3.63, 3.8) is 0 Å². The van der Waals surface area contributed by atoms with Crippen molar-refractivity contribution >= 4 is 0 Å². The highest BCUT2D eigenvalue weighted by Gasteiger charge is 2.07. The fraction of sp³-hybridized carbons (Fsp3) is 0.364. The fourth-order valence-electron chi connectivity index (χ4n) is 1.26. The molecule has 1 N–H and O–H groups in total. The monoisotopic (exact) mass is 175 g/mol. The van der Waals surface area contributed by atoms with Crippen molar-refractivity contribution in [1.29, 1.82) is 5.26 Å². The molecule has 0 amide bonds. The van der Waals surface area contributed by atoms with Crippen molar-refractivity contribution in [1.82, 2.24) is 0 Å². The minimum absolute atomic E-state index is 0.0646. The van der Waals surface area contributed by atoms with Crippen LogP contribution in [0.15, 0.2) is 24.3 Å². The summed E-state index contributed by atoms with van der Waals surface area (Å²) in [6, 6.07) is 10.0. The molecular weight excluding hydrogens is 162 g/mol. The zero-order valence-corrected chi connectivity index (χ0v) is 7.70. The summed E-state index contributed by atoms with van der Waals surface area (Å²) in [4.78, 5) is 0. The Hall–Kier alpha value is -1.33. The van der Waals surface area contributed by atoms with Gasteiger partial charge in [0, 0.05) is 0 Å². The van der Waals surface area contributed by atoms with Gasteiger partial charge in [0.1, 0.15) is 0 Å². The number of nitriles is 1. The van der Waals surface area contributed by atoms with E-state index < -0.39 is 0 Å². The maximum atomic E-state index is 8.86. The Morgan fingerprint density at radius 2 is 2.15 bits per heavy atom. The second-order valence-corrected chi connectivity index (χ2v) is 3.14. The number of hydrogen-bond acceptors (Lipinski definition) is 2. The minimum atomic E-state index is -0.277. The molecule has 13 heavy (non-hydrogen) atoms. The predicted molar refractivity (Wildman–Crippen MR) is 51.1 cm³/mol. The van der Waals surface area contributed by atoms with Crippen LogP contribution in [0.3, 0.4) is 0 Å². The van der Waals surface area contributed by atoms with Gasteiger partial charge < -0.3 is 5.11 Å². The highest BCUT2D eigenvalue weighted by atomic mass is 16.3. The summed E-state index contributed by atoms with van der Waals surface area (Å²) in [7, 11) is 0. The third-order valence-corrected chi connectivity index (χ3v) is 2.13. The first-order chi connectivity index (χ1) is 6.27. The first-order valence-corrected chi connectivity index (χ1v) is 4.33. The summed E-state index contributed by atoms with van der Waals surface area (Å²) in [5.41, 5.74) is 2.32. The molecule has 0 saturated carbocycles. The van der Waals surface area contributed by atoms with E-state index in [-0.39, 0.29) is 12.5 Å². The topological polar surface area (TPSA) is 44.0 Å². The lowest BCUT2D eigenvalue weighted by Crippen LogP contribution is -2.07. The van der Waals surface area contributed by atoms with Crippen LogP contribution in [0.5, 0.6) is 0 Å². The van der Waals surface area contributed by atoms with Crippen LogP contribution >= 0.6 is 0 Å². The van der Waals surface area contributed by atoms with Crippen molar-refractivity contribution in [2.45, 2.75) is 13.3 Å². The lowest BCUT2D eigenvalue weighted by molar-refractivity contribution is 0.255. The van der Waals surface area contributed by atoms with Gasteiger partial charge in [-0.05, 0) is 24.5 Å². The average molecular weight is 175 g/mol. The van der Waals surface area contributed by atoms with Gasteiger partial charge in [-0.1, -0.05) is 24.3 Å². The number of aliphatic hydroxyl groups is 1. The van der Waals surface area contributed by atoms with Crippen LogP contribution in [0, 0.1) is 24.2 Å². The Bertz CT molecular complexity index is 314. The van der Waals surface area contributed by atoms with Gasteiger partial charge in [-0.25, -0.2) is 0 Å². The van der Waals surface area contributed by atoms with Crippen molar-refractivity contribution in [3.8, 4) is 6.07 Å². The molecule has 0 aliphatic heterocycles. The molecular formula is C11H13NO. The molecule has 0 radical (unpaired) electrons. The van der Waals surface area contributed by atoms with Crippen LogP contribution in [0.1, 0.15) is 11.1 Å². The lowest BCUT2D eigenvalue weighted by atomic mass is 9.98. The molecule has 0 saturated heterocycles. The predicted octanol–water partition coefficient (Wildman–Crippen LogP) is 1.67. The second kappa shape index (κ2) is 4.64. The third kappa shape index (κ3) is 2.57. The quantitative estimate of drug-likeness (QED) is 0.759. The summed E-state index contributed by atoms with van der Waals surface area (Å²) in [6.45, 7) is 1.95. The van der Waals surface area contributed by atoms with Crippen LogP contribution in [-0.2, 0) is 6.42 Å². The van der Waals surface area contributed by atoms with E-state index >= 15 is 0 Å². The molecule has 0 aliphatic carbocycles. The summed E-state index contributed by atoms with van der Waals surface area (Å²) in [5.74, 6) is -0.277. The Morgan fingerprint density at radius 1 is 1.46 bits per heavy atom. The first-order valence-electron chi connectivity index (χ1n) is 4.33. The average Bonchev–Trinajstić information content (AvgIpc) is 2.17. The number of nitrogens with zero attached hydrogens (tertiary/aromatic N) is 1. The van der Waals surface area contributed by atoms with Crippen LogP contribution < -0.4 is 0 Å². The van der Waals surface area contributed by atoms with E-state index in [0.29, 0.717) is 6.42 Å². The summed E-state index contributed by atoms with van der Waals surface area (Å²) in [5, 5.41) is 17.5. The molecule has 1 unspecified atom stereocenters. The zero-order valence-electron chi connectivity index (χ0n) is 7.70. The van der Waals surface area contributed by atoms with Crippen LogP contribution in [-0.4, -0.2) is 11.7 Å². The molecule has 68 valence electrons. The summed E-state index contributed by atoms with van der Waals surface area (Å²) >= 11 is 0. The van der Waals surface area contributed by atoms with Crippen LogP contribution in [0.4, 0.5) is 0 Å². The van der Waals surface area contributed by atoms with Gasteiger partial charge in [-0.3, -0.25) is 0 Å². The van der Waals surface area contributed by atoms with Gasteiger partial charge in [0.25, 0.3) is 0 Å². The van der Waals surface area contributed by atoms with Gasteiger partial charge in [-0.15, -0.1) is 0 Å². The van der Waals surface area contributed by atoms with Crippen molar-refractivity contribution in [2.24, 2.45) is 5.92 Å². The highest BCUT2D eigenvalue weighted by molar-refractivity contribution is 5.26. The molecule has 0 spiro atoms. The fourth-order valence-corrected chi connectivity index (χ4v) is 1.26. The summed E-state index contributed by atoms with van der Waals surface area (Å²) < 4.78 is 0. The van der Waals surface area contributed by atoms with E-state index in [1.807, 2.05) is 31.2 Å². The molecule has 0 aliphatic rings. The van der Waals surface area contributed by atoms with E-state index in [1.54, 1.807) is 0 Å². The Labute approximate surface area is 78.4 Å². The van der Waals surface area contributed by atoms with Crippen LogP contribution in [0.2, 0.25) is 0 Å². The van der Waals surface area contributed by atoms with Crippen LogP contribution in [0.25, 0.3) is 0 Å². The van der Waals surface area contributed by atoms with E-state index in [1.165, 1.54) is 5.56 Å². The third-order valence-electron chi connectivity index (χ3n) is 2.13. The number of rotatable bonds is 3. The molecule has 1 aromatic carbocycles. The first kappa shape index (κ1) is 9.76. The number of benzene rings is 1. The highest BCUT2D eigenvalue weighted by Crippen LogP contribution is 2.12. The van der Waals surface area contributed by atoms with E-state index in [2.05, 4.69) is 6.07 Å². The van der Waals surface area contributed by atoms with Gasteiger partial charge in [-0.2, -0.15) is 5.26 Å².